The zero-order valence-corrected chi connectivity index (χ0v) is 14.0. The van der Waals surface area contributed by atoms with Gasteiger partial charge in [0, 0.05) is 38.8 Å². The van der Waals surface area contributed by atoms with Gasteiger partial charge in [-0.15, -0.1) is 0 Å². The Morgan fingerprint density at radius 1 is 1.52 bits per heavy atom. The largest absolute Gasteiger partial charge is 0.383 e. The first-order valence-corrected chi connectivity index (χ1v) is 7.99. The van der Waals surface area contributed by atoms with Crippen molar-refractivity contribution in [2.75, 3.05) is 40.0 Å². The number of hydrogen-bond acceptors (Lipinski definition) is 4. The third kappa shape index (κ3) is 3.97. The zero-order valence-electron chi connectivity index (χ0n) is 13.2. The van der Waals surface area contributed by atoms with Crippen LogP contribution in [0.4, 0.5) is 0 Å². The van der Waals surface area contributed by atoms with E-state index >= 15 is 0 Å². The SMILES string of the molecule is CCn1nc(C)c(Cl)c1CC1(CNCCOC)CCOC1. The van der Waals surface area contributed by atoms with E-state index in [1.54, 1.807) is 7.11 Å². The van der Waals surface area contributed by atoms with Crippen molar-refractivity contribution >= 4 is 11.6 Å². The molecule has 0 amide bonds. The molecule has 1 saturated heterocycles. The fourth-order valence-electron chi connectivity index (χ4n) is 2.91. The van der Waals surface area contributed by atoms with Crippen molar-refractivity contribution in [3.8, 4) is 0 Å². The summed E-state index contributed by atoms with van der Waals surface area (Å²) in [5.74, 6) is 0. The topological polar surface area (TPSA) is 48.3 Å². The van der Waals surface area contributed by atoms with Gasteiger partial charge in [0.25, 0.3) is 0 Å². The smallest absolute Gasteiger partial charge is 0.0847 e. The highest BCUT2D eigenvalue weighted by atomic mass is 35.5. The van der Waals surface area contributed by atoms with E-state index < -0.39 is 0 Å². The highest BCUT2D eigenvalue weighted by Crippen LogP contribution is 2.35. The van der Waals surface area contributed by atoms with Gasteiger partial charge in [-0.2, -0.15) is 5.10 Å². The van der Waals surface area contributed by atoms with E-state index in [-0.39, 0.29) is 5.41 Å². The van der Waals surface area contributed by atoms with Crippen molar-refractivity contribution in [3.63, 3.8) is 0 Å². The van der Waals surface area contributed by atoms with E-state index in [0.717, 1.165) is 68.7 Å². The Balaban J connectivity index is 2.09. The number of hydrogen-bond donors (Lipinski definition) is 1. The number of nitrogens with zero attached hydrogens (tertiary/aromatic N) is 2. The van der Waals surface area contributed by atoms with Crippen molar-refractivity contribution in [1.82, 2.24) is 15.1 Å². The molecule has 120 valence electrons. The molecule has 1 aliphatic heterocycles. The summed E-state index contributed by atoms with van der Waals surface area (Å²) >= 11 is 6.45. The standard InChI is InChI=1S/C15H26ClN3O2/c1-4-19-13(14(16)12(2)18-19)9-15(5-7-21-11-15)10-17-6-8-20-3/h17H,4-11H2,1-3H3. The maximum absolute atomic E-state index is 6.45. The average Bonchev–Trinajstić information content (AvgIpc) is 3.04. The van der Waals surface area contributed by atoms with Crippen LogP contribution in [-0.4, -0.2) is 49.8 Å². The van der Waals surface area contributed by atoms with Crippen LogP contribution in [0.2, 0.25) is 5.02 Å². The fourth-order valence-corrected chi connectivity index (χ4v) is 3.11. The maximum atomic E-state index is 6.45. The Morgan fingerprint density at radius 2 is 2.33 bits per heavy atom. The molecule has 1 aliphatic rings. The van der Waals surface area contributed by atoms with Gasteiger partial charge in [-0.05, 0) is 26.7 Å². The van der Waals surface area contributed by atoms with Crippen molar-refractivity contribution in [2.24, 2.45) is 5.41 Å². The lowest BCUT2D eigenvalue weighted by Crippen LogP contribution is -2.38. The Bertz CT molecular complexity index is 456. The predicted molar refractivity (Wildman–Crippen MR) is 84.0 cm³/mol. The van der Waals surface area contributed by atoms with Crippen molar-refractivity contribution in [3.05, 3.63) is 16.4 Å². The van der Waals surface area contributed by atoms with Crippen LogP contribution in [0.15, 0.2) is 0 Å². The third-order valence-electron chi connectivity index (χ3n) is 4.16. The zero-order chi connectivity index (χ0) is 15.3. The minimum absolute atomic E-state index is 0.108. The molecule has 1 aromatic rings. The van der Waals surface area contributed by atoms with Crippen LogP contribution in [0.1, 0.15) is 24.7 Å². The molecule has 1 N–H and O–H groups in total. The number of ether oxygens (including phenoxy) is 2. The summed E-state index contributed by atoms with van der Waals surface area (Å²) in [5, 5.41) is 8.80. The van der Waals surface area contributed by atoms with Gasteiger partial charge in [-0.3, -0.25) is 4.68 Å². The van der Waals surface area contributed by atoms with Crippen LogP contribution in [0.3, 0.4) is 0 Å². The molecule has 2 rings (SSSR count). The molecule has 0 aromatic carbocycles. The summed E-state index contributed by atoms with van der Waals surface area (Å²) < 4.78 is 12.8. The second-order valence-electron chi connectivity index (χ2n) is 5.81. The number of methoxy groups -OCH3 is 1. The van der Waals surface area contributed by atoms with Crippen LogP contribution in [0, 0.1) is 12.3 Å². The van der Waals surface area contributed by atoms with Gasteiger partial charge in [0.05, 0.1) is 29.6 Å². The molecular weight excluding hydrogens is 290 g/mol. The highest BCUT2D eigenvalue weighted by molar-refractivity contribution is 6.31. The van der Waals surface area contributed by atoms with E-state index in [2.05, 4.69) is 17.3 Å². The maximum Gasteiger partial charge on any atom is 0.0847 e. The van der Waals surface area contributed by atoms with E-state index in [9.17, 15) is 0 Å². The van der Waals surface area contributed by atoms with Gasteiger partial charge >= 0.3 is 0 Å². The summed E-state index contributed by atoms with van der Waals surface area (Å²) in [5.41, 5.74) is 2.15. The molecule has 1 aromatic heterocycles. The molecule has 0 spiro atoms. The Labute approximate surface area is 131 Å². The Kier molecular flexibility index (Phi) is 6.05. The normalized spacial score (nSPS) is 22.1. The lowest BCUT2D eigenvalue weighted by Gasteiger charge is -2.28. The van der Waals surface area contributed by atoms with Crippen LogP contribution >= 0.6 is 11.6 Å². The lowest BCUT2D eigenvalue weighted by molar-refractivity contribution is 0.143. The molecular formula is C15H26ClN3O2. The quantitative estimate of drug-likeness (QED) is 0.746. The lowest BCUT2D eigenvalue weighted by atomic mass is 9.82. The van der Waals surface area contributed by atoms with Crippen molar-refractivity contribution in [2.45, 2.75) is 33.2 Å². The number of rotatable bonds is 8. The first-order valence-electron chi connectivity index (χ1n) is 7.61. The van der Waals surface area contributed by atoms with Crippen LogP contribution < -0.4 is 5.32 Å². The summed E-state index contributed by atoms with van der Waals surface area (Å²) in [6, 6.07) is 0. The van der Waals surface area contributed by atoms with Crippen LogP contribution in [0.25, 0.3) is 0 Å². The van der Waals surface area contributed by atoms with E-state index in [4.69, 9.17) is 21.1 Å². The molecule has 1 unspecified atom stereocenters. The molecule has 0 saturated carbocycles. The highest BCUT2D eigenvalue weighted by Gasteiger charge is 2.36. The molecule has 6 heteroatoms. The third-order valence-corrected chi connectivity index (χ3v) is 4.65. The molecule has 0 radical (unpaired) electrons. The van der Waals surface area contributed by atoms with Gasteiger partial charge < -0.3 is 14.8 Å². The molecule has 2 heterocycles. The minimum Gasteiger partial charge on any atom is -0.383 e. The van der Waals surface area contributed by atoms with E-state index in [1.165, 1.54) is 0 Å². The Hall–Kier alpha value is -0.620. The fraction of sp³-hybridized carbons (Fsp3) is 0.800. The number of aromatic nitrogens is 2. The van der Waals surface area contributed by atoms with Gasteiger partial charge in [0.15, 0.2) is 0 Å². The van der Waals surface area contributed by atoms with Gasteiger partial charge in [0.1, 0.15) is 0 Å². The van der Waals surface area contributed by atoms with Crippen molar-refractivity contribution in [1.29, 1.82) is 0 Å². The summed E-state index contributed by atoms with van der Waals surface area (Å²) in [7, 11) is 1.72. The second kappa shape index (κ2) is 7.58. The monoisotopic (exact) mass is 315 g/mol. The molecule has 0 bridgehead atoms. The molecule has 1 fully saturated rings. The van der Waals surface area contributed by atoms with E-state index in [1.807, 2.05) is 11.6 Å². The molecule has 0 aliphatic carbocycles. The van der Waals surface area contributed by atoms with Crippen LogP contribution in [0.5, 0.6) is 0 Å². The molecule has 5 nitrogen and oxygen atoms in total. The number of aryl methyl sites for hydroxylation is 2. The van der Waals surface area contributed by atoms with Gasteiger partial charge in [-0.1, -0.05) is 11.6 Å². The number of nitrogens with one attached hydrogen (secondary N) is 1. The molecule has 21 heavy (non-hydrogen) atoms. The Morgan fingerprint density at radius 3 is 2.95 bits per heavy atom. The van der Waals surface area contributed by atoms with Crippen LogP contribution in [-0.2, 0) is 22.4 Å². The average molecular weight is 316 g/mol. The predicted octanol–water partition coefficient (Wildman–Crippen LogP) is 2.05. The number of halogens is 1. The summed E-state index contributed by atoms with van der Waals surface area (Å²) in [4.78, 5) is 0. The molecule has 1 atom stereocenters. The van der Waals surface area contributed by atoms with E-state index in [0.29, 0.717) is 0 Å². The minimum atomic E-state index is 0.108. The first-order chi connectivity index (χ1) is 10.1. The van der Waals surface area contributed by atoms with Gasteiger partial charge in [-0.25, -0.2) is 0 Å². The summed E-state index contributed by atoms with van der Waals surface area (Å²) in [6.07, 6.45) is 1.96. The first kappa shape index (κ1) is 16.7. The van der Waals surface area contributed by atoms with Gasteiger partial charge in [0.2, 0.25) is 0 Å². The van der Waals surface area contributed by atoms with Crippen molar-refractivity contribution < 1.29 is 9.47 Å². The summed E-state index contributed by atoms with van der Waals surface area (Å²) in [6.45, 7) is 9.01. The second-order valence-corrected chi connectivity index (χ2v) is 6.19.